The molecule has 2 aromatic carbocycles. The molecule has 5 heteroatoms. The van der Waals surface area contributed by atoms with Crippen LogP contribution in [0.2, 0.25) is 0 Å². The number of aromatic amines is 1. The second-order valence-electron chi connectivity index (χ2n) is 6.41. The minimum Gasteiger partial charge on any atom is -0.360 e. The number of nitrogens with zero attached hydrogens (tertiary/aromatic N) is 1. The summed E-state index contributed by atoms with van der Waals surface area (Å²) in [5.41, 5.74) is 2.56. The average molecular weight is 336 g/mol. The van der Waals surface area contributed by atoms with Crippen LogP contribution in [0.15, 0.2) is 48.7 Å². The molecule has 1 atom stereocenters. The summed E-state index contributed by atoms with van der Waals surface area (Å²) >= 11 is 0. The molecule has 4 nitrogen and oxygen atoms in total. The first-order chi connectivity index (χ1) is 12.1. The molecule has 1 aliphatic heterocycles. The van der Waals surface area contributed by atoms with Gasteiger partial charge in [0.05, 0.1) is 5.56 Å². The Balaban J connectivity index is 1.74. The van der Waals surface area contributed by atoms with Gasteiger partial charge in [-0.1, -0.05) is 18.2 Å². The Morgan fingerprint density at radius 2 is 2.00 bits per heavy atom. The zero-order chi connectivity index (χ0) is 17.6. The van der Waals surface area contributed by atoms with Gasteiger partial charge in [0.1, 0.15) is 5.82 Å². The first-order valence-electron chi connectivity index (χ1n) is 8.28. The number of rotatable bonds is 2. The number of carbonyl (C=O) groups excluding carboxylic acids is 2. The highest BCUT2D eigenvalue weighted by Gasteiger charge is 2.33. The zero-order valence-corrected chi connectivity index (χ0v) is 13.8. The van der Waals surface area contributed by atoms with Crippen LogP contribution in [0, 0.1) is 5.82 Å². The van der Waals surface area contributed by atoms with Gasteiger partial charge in [-0.3, -0.25) is 9.59 Å². The fraction of sp³-hybridized carbons (Fsp3) is 0.200. The summed E-state index contributed by atoms with van der Waals surface area (Å²) in [5, 5.41) is 0.727. The number of aryl methyl sites for hydroxylation is 1. The van der Waals surface area contributed by atoms with Gasteiger partial charge in [-0.15, -0.1) is 0 Å². The quantitative estimate of drug-likeness (QED) is 0.571. The number of H-pyrrole nitrogens is 1. The fourth-order valence-electron chi connectivity index (χ4n) is 3.51. The molecule has 1 aliphatic rings. The van der Waals surface area contributed by atoms with Crippen molar-refractivity contribution < 1.29 is 14.0 Å². The molecular formula is C20H17FN2O2. The van der Waals surface area contributed by atoms with Crippen LogP contribution < -0.4 is 4.90 Å². The van der Waals surface area contributed by atoms with Crippen molar-refractivity contribution >= 4 is 28.3 Å². The van der Waals surface area contributed by atoms with E-state index in [1.807, 2.05) is 31.2 Å². The van der Waals surface area contributed by atoms with Gasteiger partial charge < -0.3 is 9.88 Å². The number of aromatic nitrogens is 1. The van der Waals surface area contributed by atoms with Gasteiger partial charge in [-0.2, -0.15) is 0 Å². The molecule has 0 spiro atoms. The highest BCUT2D eigenvalue weighted by atomic mass is 19.1. The molecule has 0 fully saturated rings. The van der Waals surface area contributed by atoms with Crippen LogP contribution in [-0.2, 0) is 11.2 Å². The van der Waals surface area contributed by atoms with Crippen LogP contribution in [0.4, 0.5) is 10.1 Å². The summed E-state index contributed by atoms with van der Waals surface area (Å²) in [6.45, 7) is 1.91. The number of para-hydroxylation sites is 1. The van der Waals surface area contributed by atoms with Crippen LogP contribution in [-0.4, -0.2) is 22.7 Å². The molecule has 2 heterocycles. The summed E-state index contributed by atoms with van der Waals surface area (Å²) < 4.78 is 13.5. The van der Waals surface area contributed by atoms with Crippen molar-refractivity contribution in [1.82, 2.24) is 4.98 Å². The summed E-state index contributed by atoms with van der Waals surface area (Å²) in [4.78, 5) is 30.3. The largest absolute Gasteiger partial charge is 0.360 e. The van der Waals surface area contributed by atoms with Crippen molar-refractivity contribution in [3.05, 3.63) is 65.6 Å². The monoisotopic (exact) mass is 336 g/mol. The molecule has 0 saturated carbocycles. The van der Waals surface area contributed by atoms with E-state index >= 15 is 0 Å². The van der Waals surface area contributed by atoms with Crippen molar-refractivity contribution in [3.63, 3.8) is 0 Å². The predicted molar refractivity (Wildman–Crippen MR) is 94.3 cm³/mol. The predicted octanol–water partition coefficient (Wildman–Crippen LogP) is 3.86. The van der Waals surface area contributed by atoms with Gasteiger partial charge >= 0.3 is 0 Å². The molecule has 0 aliphatic carbocycles. The molecule has 0 bridgehead atoms. The first-order valence-corrected chi connectivity index (χ1v) is 8.28. The number of nitrogens with one attached hydrogen (secondary N) is 1. The highest BCUT2D eigenvalue weighted by Crippen LogP contribution is 2.32. The third kappa shape index (κ3) is 2.52. The first kappa shape index (κ1) is 15.6. The summed E-state index contributed by atoms with van der Waals surface area (Å²) in [6.07, 6.45) is 2.97. The summed E-state index contributed by atoms with van der Waals surface area (Å²) in [7, 11) is 0. The van der Waals surface area contributed by atoms with E-state index in [4.69, 9.17) is 0 Å². The Hall–Kier alpha value is -2.95. The molecule has 1 N–H and O–H groups in total. The van der Waals surface area contributed by atoms with E-state index < -0.39 is 11.7 Å². The number of halogens is 1. The molecule has 1 amide bonds. The number of Topliss-reactive ketones (excluding diaryl/α,β-unsaturated/α-hetero) is 1. The topological polar surface area (TPSA) is 53.2 Å². The van der Waals surface area contributed by atoms with Crippen LogP contribution in [0.3, 0.4) is 0 Å². The van der Waals surface area contributed by atoms with Gasteiger partial charge in [-0.05, 0) is 49.6 Å². The van der Waals surface area contributed by atoms with Crippen LogP contribution in [0.5, 0.6) is 0 Å². The van der Waals surface area contributed by atoms with Gasteiger partial charge in [0, 0.05) is 28.8 Å². The lowest BCUT2D eigenvalue weighted by atomic mass is 9.95. The lowest BCUT2D eigenvalue weighted by Gasteiger charge is -2.34. The Morgan fingerprint density at radius 3 is 2.84 bits per heavy atom. The number of amides is 1. The molecule has 1 unspecified atom stereocenters. The normalized spacial score (nSPS) is 16.7. The van der Waals surface area contributed by atoms with E-state index in [0.29, 0.717) is 24.1 Å². The van der Waals surface area contributed by atoms with E-state index in [-0.39, 0.29) is 11.9 Å². The van der Waals surface area contributed by atoms with Gasteiger partial charge in [-0.25, -0.2) is 4.39 Å². The van der Waals surface area contributed by atoms with E-state index in [9.17, 15) is 14.0 Å². The zero-order valence-electron chi connectivity index (χ0n) is 13.8. The van der Waals surface area contributed by atoms with Crippen LogP contribution in [0.1, 0.15) is 29.3 Å². The number of hydrogen-bond donors (Lipinski definition) is 1. The molecule has 1 aromatic heterocycles. The van der Waals surface area contributed by atoms with E-state index in [2.05, 4.69) is 4.98 Å². The minimum atomic E-state index is -0.579. The number of ketones is 1. The maximum atomic E-state index is 13.5. The lowest BCUT2D eigenvalue weighted by Crippen LogP contribution is -2.45. The molecule has 4 rings (SSSR count). The Labute approximate surface area is 144 Å². The second-order valence-corrected chi connectivity index (χ2v) is 6.41. The maximum absolute atomic E-state index is 13.5. The Bertz CT molecular complexity index is 992. The standard InChI is InChI=1S/C20H17FN2O2/c1-12-6-7-13-10-14(21)8-9-18(13)23(12)20(25)19(24)16-11-22-17-5-3-2-4-15(16)17/h2-5,8-12,22H,6-7H2,1H3. The Morgan fingerprint density at radius 1 is 1.20 bits per heavy atom. The van der Waals surface area contributed by atoms with Crippen molar-refractivity contribution in [2.75, 3.05) is 4.90 Å². The van der Waals surface area contributed by atoms with E-state index in [1.165, 1.54) is 17.0 Å². The lowest BCUT2D eigenvalue weighted by molar-refractivity contribution is -0.115. The van der Waals surface area contributed by atoms with E-state index in [1.54, 1.807) is 12.3 Å². The third-order valence-corrected chi connectivity index (χ3v) is 4.82. The minimum absolute atomic E-state index is 0.111. The van der Waals surface area contributed by atoms with Crippen molar-refractivity contribution in [2.45, 2.75) is 25.8 Å². The number of carbonyl (C=O) groups is 2. The number of hydrogen-bond acceptors (Lipinski definition) is 2. The Kier molecular flexibility index (Phi) is 3.64. The van der Waals surface area contributed by atoms with Gasteiger partial charge in [0.2, 0.25) is 0 Å². The molecule has 25 heavy (non-hydrogen) atoms. The van der Waals surface area contributed by atoms with Crippen molar-refractivity contribution in [1.29, 1.82) is 0 Å². The van der Waals surface area contributed by atoms with Gasteiger partial charge in [0.25, 0.3) is 11.7 Å². The summed E-state index contributed by atoms with van der Waals surface area (Å²) in [5.74, 6) is -1.46. The van der Waals surface area contributed by atoms with Crippen LogP contribution >= 0.6 is 0 Å². The van der Waals surface area contributed by atoms with Crippen LogP contribution in [0.25, 0.3) is 10.9 Å². The number of benzene rings is 2. The average Bonchev–Trinajstić information content (AvgIpc) is 3.04. The number of anilines is 1. The molecule has 0 saturated heterocycles. The SMILES string of the molecule is CC1CCc2cc(F)ccc2N1C(=O)C(=O)c1c[nH]c2ccccc12. The fourth-order valence-corrected chi connectivity index (χ4v) is 3.51. The van der Waals surface area contributed by atoms with E-state index in [0.717, 1.165) is 16.5 Å². The molecule has 126 valence electrons. The molecule has 3 aromatic rings. The smallest absolute Gasteiger partial charge is 0.299 e. The number of fused-ring (bicyclic) bond motifs is 2. The highest BCUT2D eigenvalue weighted by molar-refractivity contribution is 6.49. The summed E-state index contributed by atoms with van der Waals surface area (Å²) in [6, 6.07) is 11.6. The molecular weight excluding hydrogens is 319 g/mol. The second kappa shape index (κ2) is 5.84. The van der Waals surface area contributed by atoms with Crippen molar-refractivity contribution in [3.8, 4) is 0 Å². The maximum Gasteiger partial charge on any atom is 0.299 e. The van der Waals surface area contributed by atoms with Gasteiger partial charge in [0.15, 0.2) is 0 Å². The third-order valence-electron chi connectivity index (χ3n) is 4.82. The molecule has 0 radical (unpaired) electrons. The van der Waals surface area contributed by atoms with Crippen molar-refractivity contribution in [2.24, 2.45) is 0 Å².